The number of amides is 1. The number of carbonyl (C=O) groups is 1. The Morgan fingerprint density at radius 1 is 1.23 bits per heavy atom. The number of nitrogens with one attached hydrogen (secondary N) is 1. The Morgan fingerprint density at radius 2 is 2.10 bits per heavy atom. The number of rotatable bonds is 5. The van der Waals surface area contributed by atoms with Crippen molar-refractivity contribution in [1.82, 2.24) is 15.5 Å². The Bertz CT molecular complexity index is 1190. The average molecular weight is 425 g/mol. The third-order valence-corrected chi connectivity index (χ3v) is 5.22. The van der Waals surface area contributed by atoms with E-state index in [9.17, 15) is 9.59 Å². The summed E-state index contributed by atoms with van der Waals surface area (Å²) in [5.41, 5.74) is 0.498. The van der Waals surface area contributed by atoms with Crippen molar-refractivity contribution in [1.29, 1.82) is 0 Å². The van der Waals surface area contributed by atoms with Crippen molar-refractivity contribution in [3.63, 3.8) is 0 Å². The van der Waals surface area contributed by atoms with Gasteiger partial charge in [0, 0.05) is 18.1 Å². The molecule has 2 aliphatic rings. The summed E-state index contributed by atoms with van der Waals surface area (Å²) in [5.74, 6) is 1.82. The monoisotopic (exact) mass is 425 g/mol. The smallest absolute Gasteiger partial charge is 0.349 e. The first-order valence-corrected chi connectivity index (χ1v) is 9.81. The molecule has 2 aliphatic heterocycles. The van der Waals surface area contributed by atoms with Crippen LogP contribution in [-0.4, -0.2) is 36.1 Å². The maximum atomic E-state index is 12.6. The van der Waals surface area contributed by atoms with Gasteiger partial charge in [0.25, 0.3) is 11.8 Å². The van der Waals surface area contributed by atoms with Gasteiger partial charge in [-0.25, -0.2) is 4.79 Å². The van der Waals surface area contributed by atoms with Crippen molar-refractivity contribution in [3.8, 4) is 23.0 Å². The molecule has 1 aromatic carbocycles. The van der Waals surface area contributed by atoms with E-state index in [2.05, 4.69) is 15.5 Å². The Kier molecular flexibility index (Phi) is 4.91. The largest absolute Gasteiger partial charge is 0.454 e. The average Bonchev–Trinajstić information content (AvgIpc) is 3.53. The SMILES string of the molecule is Cc1cc(C2CCOC2)oc(=O)c1C(=O)NCc1noc(-c2ccc3c(c2)OCO3)n1. The predicted octanol–water partition coefficient (Wildman–Crippen LogP) is 2.16. The number of benzene rings is 1. The van der Waals surface area contributed by atoms with Gasteiger partial charge in [-0.05, 0) is 43.2 Å². The summed E-state index contributed by atoms with van der Waals surface area (Å²) in [6.45, 7) is 3.01. The molecule has 1 unspecified atom stereocenters. The highest BCUT2D eigenvalue weighted by Gasteiger charge is 2.24. The maximum Gasteiger partial charge on any atom is 0.349 e. The van der Waals surface area contributed by atoms with Crippen LogP contribution in [0.4, 0.5) is 0 Å². The van der Waals surface area contributed by atoms with Crippen LogP contribution in [0.5, 0.6) is 11.5 Å². The van der Waals surface area contributed by atoms with E-state index >= 15 is 0 Å². The molecule has 1 atom stereocenters. The first-order valence-electron chi connectivity index (χ1n) is 9.81. The summed E-state index contributed by atoms with van der Waals surface area (Å²) in [5, 5.41) is 6.51. The third kappa shape index (κ3) is 3.77. The molecule has 1 amide bonds. The maximum absolute atomic E-state index is 12.6. The van der Waals surface area contributed by atoms with Gasteiger partial charge >= 0.3 is 5.63 Å². The number of hydrogen-bond acceptors (Lipinski definition) is 9. The molecule has 2 aromatic heterocycles. The van der Waals surface area contributed by atoms with Crippen LogP contribution >= 0.6 is 0 Å². The predicted molar refractivity (Wildman–Crippen MR) is 105 cm³/mol. The van der Waals surface area contributed by atoms with E-state index in [1.807, 2.05) is 0 Å². The van der Waals surface area contributed by atoms with Gasteiger partial charge in [0.1, 0.15) is 11.3 Å². The van der Waals surface area contributed by atoms with E-state index in [4.69, 9.17) is 23.2 Å². The molecule has 31 heavy (non-hydrogen) atoms. The number of aryl methyl sites for hydroxylation is 1. The highest BCUT2D eigenvalue weighted by atomic mass is 16.7. The Morgan fingerprint density at radius 3 is 2.90 bits per heavy atom. The molecule has 0 spiro atoms. The Balaban J connectivity index is 1.27. The number of carbonyl (C=O) groups excluding carboxylic acids is 1. The van der Waals surface area contributed by atoms with E-state index in [-0.39, 0.29) is 36.5 Å². The molecule has 5 rings (SSSR count). The minimum atomic E-state index is -0.673. The highest BCUT2D eigenvalue weighted by molar-refractivity contribution is 5.95. The molecule has 0 bridgehead atoms. The van der Waals surface area contributed by atoms with Crippen LogP contribution in [0.25, 0.3) is 11.5 Å². The fraction of sp³-hybridized carbons (Fsp3) is 0.333. The fourth-order valence-corrected chi connectivity index (χ4v) is 3.59. The molecule has 4 heterocycles. The molecule has 10 heteroatoms. The minimum absolute atomic E-state index is 0.00994. The van der Waals surface area contributed by atoms with E-state index in [1.54, 1.807) is 31.2 Å². The van der Waals surface area contributed by atoms with Crippen molar-refractivity contribution in [2.24, 2.45) is 0 Å². The summed E-state index contributed by atoms with van der Waals surface area (Å²) >= 11 is 0. The molecule has 3 aromatic rings. The molecule has 10 nitrogen and oxygen atoms in total. The molecular formula is C21H19N3O7. The molecule has 0 saturated carbocycles. The van der Waals surface area contributed by atoms with Crippen molar-refractivity contribution in [2.75, 3.05) is 20.0 Å². The Hall–Kier alpha value is -3.66. The number of aromatic nitrogens is 2. The molecular weight excluding hydrogens is 406 g/mol. The first-order chi connectivity index (χ1) is 15.1. The van der Waals surface area contributed by atoms with Gasteiger partial charge in [0.05, 0.1) is 13.2 Å². The second-order valence-corrected chi connectivity index (χ2v) is 7.32. The van der Waals surface area contributed by atoms with Crippen LogP contribution in [0.2, 0.25) is 0 Å². The zero-order valence-electron chi connectivity index (χ0n) is 16.7. The zero-order chi connectivity index (χ0) is 21.4. The van der Waals surface area contributed by atoms with E-state index in [0.717, 1.165) is 6.42 Å². The summed E-state index contributed by atoms with van der Waals surface area (Å²) in [6.07, 6.45) is 0.789. The van der Waals surface area contributed by atoms with Crippen LogP contribution < -0.4 is 20.4 Å². The van der Waals surface area contributed by atoms with E-state index < -0.39 is 11.5 Å². The summed E-state index contributed by atoms with van der Waals surface area (Å²) in [6, 6.07) is 6.99. The van der Waals surface area contributed by atoms with Crippen molar-refractivity contribution in [2.45, 2.75) is 25.8 Å². The summed E-state index contributed by atoms with van der Waals surface area (Å²) in [4.78, 5) is 29.3. The number of hydrogen-bond donors (Lipinski definition) is 1. The van der Waals surface area contributed by atoms with Crippen LogP contribution in [0, 0.1) is 6.92 Å². The fourth-order valence-electron chi connectivity index (χ4n) is 3.59. The van der Waals surface area contributed by atoms with Gasteiger partial charge in [0.2, 0.25) is 6.79 Å². The zero-order valence-corrected chi connectivity index (χ0v) is 16.7. The molecule has 1 fully saturated rings. The van der Waals surface area contributed by atoms with Gasteiger partial charge in [-0.1, -0.05) is 5.16 Å². The highest BCUT2D eigenvalue weighted by Crippen LogP contribution is 2.35. The number of ether oxygens (including phenoxy) is 3. The van der Waals surface area contributed by atoms with Crippen LogP contribution in [0.3, 0.4) is 0 Å². The molecule has 1 saturated heterocycles. The van der Waals surface area contributed by atoms with E-state index in [0.29, 0.717) is 41.6 Å². The van der Waals surface area contributed by atoms with Gasteiger partial charge in [-0.15, -0.1) is 0 Å². The van der Waals surface area contributed by atoms with Crippen LogP contribution in [0.1, 0.15) is 39.8 Å². The summed E-state index contributed by atoms with van der Waals surface area (Å²) < 4.78 is 26.6. The summed E-state index contributed by atoms with van der Waals surface area (Å²) in [7, 11) is 0. The second kappa shape index (κ2) is 7.88. The molecule has 1 N–H and O–H groups in total. The topological polar surface area (TPSA) is 126 Å². The number of fused-ring (bicyclic) bond motifs is 1. The lowest BCUT2D eigenvalue weighted by molar-refractivity contribution is 0.0944. The third-order valence-electron chi connectivity index (χ3n) is 5.22. The van der Waals surface area contributed by atoms with Gasteiger partial charge in [-0.2, -0.15) is 4.98 Å². The quantitative estimate of drug-likeness (QED) is 0.654. The standard InChI is InChI=1S/C21H19N3O7/c1-11-6-15(13-4-5-27-9-13)30-21(26)18(11)19(25)22-8-17-23-20(31-24-17)12-2-3-14-16(7-12)29-10-28-14/h2-3,6-7,13H,4-5,8-10H2,1H3,(H,22,25). The molecule has 0 radical (unpaired) electrons. The van der Waals surface area contributed by atoms with Gasteiger partial charge in [0.15, 0.2) is 17.3 Å². The second-order valence-electron chi connectivity index (χ2n) is 7.32. The van der Waals surface area contributed by atoms with Gasteiger partial charge in [-0.3, -0.25) is 4.79 Å². The Labute approximate surface area is 176 Å². The van der Waals surface area contributed by atoms with Crippen molar-refractivity contribution < 1.29 is 27.9 Å². The minimum Gasteiger partial charge on any atom is -0.454 e. The lowest BCUT2D eigenvalue weighted by Crippen LogP contribution is -2.29. The van der Waals surface area contributed by atoms with Crippen LogP contribution in [-0.2, 0) is 11.3 Å². The van der Waals surface area contributed by atoms with Gasteiger partial charge < -0.3 is 28.5 Å². The first kappa shape index (κ1) is 19.3. The lowest BCUT2D eigenvalue weighted by Gasteiger charge is -2.10. The number of nitrogens with zero attached hydrogens (tertiary/aromatic N) is 2. The molecule has 160 valence electrons. The normalized spacial score (nSPS) is 17.1. The van der Waals surface area contributed by atoms with E-state index in [1.165, 1.54) is 0 Å². The lowest BCUT2D eigenvalue weighted by atomic mass is 10.0. The van der Waals surface area contributed by atoms with Crippen molar-refractivity contribution in [3.05, 3.63) is 57.4 Å². The van der Waals surface area contributed by atoms with Crippen molar-refractivity contribution >= 4 is 5.91 Å². The van der Waals surface area contributed by atoms with Crippen LogP contribution in [0.15, 0.2) is 38.0 Å². The molecule has 0 aliphatic carbocycles.